The van der Waals surface area contributed by atoms with Gasteiger partial charge in [0.25, 0.3) is 0 Å². The van der Waals surface area contributed by atoms with E-state index in [1.54, 1.807) is 14.2 Å². The van der Waals surface area contributed by atoms with E-state index >= 15 is 0 Å². The molecule has 0 aromatic carbocycles. The summed E-state index contributed by atoms with van der Waals surface area (Å²) in [5, 5.41) is 12.7. The molecule has 0 saturated carbocycles. The zero-order valence-electron chi connectivity index (χ0n) is 10.8. The third kappa shape index (κ3) is 12.0. The molecule has 0 aliphatic carbocycles. The lowest BCUT2D eigenvalue weighted by Crippen LogP contribution is -2.39. The predicted octanol–water partition coefficient (Wildman–Crippen LogP) is -1.44. The average Bonchev–Trinajstić information content (AvgIpc) is 2.21. The number of rotatable bonds is 10. The Labute approximate surface area is 104 Å². The van der Waals surface area contributed by atoms with Gasteiger partial charge >= 0.3 is 0 Å². The van der Waals surface area contributed by atoms with Crippen LogP contribution < -0.4 is 5.32 Å². The molecule has 0 aliphatic rings. The van der Waals surface area contributed by atoms with E-state index in [1.807, 2.05) is 4.90 Å². The number of nitrogens with one attached hydrogen (secondary N) is 1. The maximum Gasteiger partial charge on any atom is 0.148 e. The lowest BCUT2D eigenvalue weighted by molar-refractivity contribution is 0.122. The first-order valence-corrected chi connectivity index (χ1v) is 7.65. The van der Waals surface area contributed by atoms with Crippen molar-refractivity contribution < 1.29 is 18.3 Å². The van der Waals surface area contributed by atoms with E-state index in [4.69, 9.17) is 4.74 Å². The molecule has 17 heavy (non-hydrogen) atoms. The number of hydrogen-bond acceptors (Lipinski definition) is 6. The van der Waals surface area contributed by atoms with Crippen LogP contribution in [0.5, 0.6) is 0 Å². The van der Waals surface area contributed by atoms with Gasteiger partial charge in [0.1, 0.15) is 9.84 Å². The number of aliphatic hydroxyl groups is 1. The van der Waals surface area contributed by atoms with Crippen LogP contribution in [0.1, 0.15) is 0 Å². The summed E-state index contributed by atoms with van der Waals surface area (Å²) < 4.78 is 26.8. The Kier molecular flexibility index (Phi) is 8.71. The van der Waals surface area contributed by atoms with E-state index in [2.05, 4.69) is 5.32 Å². The maximum atomic E-state index is 11.0. The molecule has 6 nitrogen and oxygen atoms in total. The molecule has 2 N–H and O–H groups in total. The second kappa shape index (κ2) is 8.82. The third-order valence-corrected chi connectivity index (χ3v) is 3.15. The highest BCUT2D eigenvalue weighted by Crippen LogP contribution is 1.91. The molecule has 0 fully saturated rings. The topological polar surface area (TPSA) is 78.9 Å². The molecule has 0 aromatic rings. The van der Waals surface area contributed by atoms with E-state index in [-0.39, 0.29) is 5.75 Å². The lowest BCUT2D eigenvalue weighted by atomic mass is 10.3. The van der Waals surface area contributed by atoms with E-state index in [0.717, 1.165) is 0 Å². The van der Waals surface area contributed by atoms with Crippen molar-refractivity contribution in [2.75, 3.05) is 59.0 Å². The van der Waals surface area contributed by atoms with Gasteiger partial charge in [0.2, 0.25) is 0 Å². The standard InChI is InChI=1S/C10H24N2O4S/c1-12(5-7-17(3,14)15)9-10(13)8-11-4-6-16-2/h10-11,13H,4-9H2,1-3H3. The molecule has 1 atom stereocenters. The first kappa shape index (κ1) is 16.8. The van der Waals surface area contributed by atoms with Gasteiger partial charge in [-0.1, -0.05) is 0 Å². The average molecular weight is 268 g/mol. The van der Waals surface area contributed by atoms with Crippen LogP contribution in [0.3, 0.4) is 0 Å². The zero-order chi connectivity index (χ0) is 13.3. The molecule has 1 unspecified atom stereocenters. The molecule has 0 heterocycles. The van der Waals surface area contributed by atoms with Crippen molar-refractivity contribution in [2.45, 2.75) is 6.10 Å². The van der Waals surface area contributed by atoms with Crippen molar-refractivity contribution in [1.82, 2.24) is 10.2 Å². The fourth-order valence-corrected chi connectivity index (χ4v) is 1.92. The van der Waals surface area contributed by atoms with Crippen LogP contribution in [0.25, 0.3) is 0 Å². The lowest BCUT2D eigenvalue weighted by Gasteiger charge is -2.20. The number of nitrogens with zero attached hydrogens (tertiary/aromatic N) is 1. The number of ether oxygens (including phenoxy) is 1. The first-order valence-electron chi connectivity index (χ1n) is 5.59. The van der Waals surface area contributed by atoms with Crippen LogP contribution in [-0.4, -0.2) is 83.5 Å². The van der Waals surface area contributed by atoms with Gasteiger partial charge in [-0.3, -0.25) is 0 Å². The second-order valence-electron chi connectivity index (χ2n) is 4.24. The molecular weight excluding hydrogens is 244 g/mol. The summed E-state index contributed by atoms with van der Waals surface area (Å²) in [6.45, 7) is 2.67. The van der Waals surface area contributed by atoms with Crippen LogP contribution in [-0.2, 0) is 14.6 Å². The summed E-state index contributed by atoms with van der Waals surface area (Å²) in [7, 11) is 0.483. The van der Waals surface area contributed by atoms with Gasteiger partial charge in [-0.15, -0.1) is 0 Å². The molecule has 0 saturated heterocycles. The fourth-order valence-electron chi connectivity index (χ4n) is 1.28. The molecule has 0 radical (unpaired) electrons. The Morgan fingerprint density at radius 3 is 2.65 bits per heavy atom. The second-order valence-corrected chi connectivity index (χ2v) is 6.50. The van der Waals surface area contributed by atoms with E-state index in [9.17, 15) is 13.5 Å². The van der Waals surface area contributed by atoms with Gasteiger partial charge in [-0.05, 0) is 7.05 Å². The highest BCUT2D eigenvalue weighted by Gasteiger charge is 2.10. The van der Waals surface area contributed by atoms with Crippen molar-refractivity contribution in [2.24, 2.45) is 0 Å². The van der Waals surface area contributed by atoms with Gasteiger partial charge < -0.3 is 20.1 Å². The molecule has 7 heteroatoms. The molecule has 0 spiro atoms. The molecule has 0 aromatic heterocycles. The van der Waals surface area contributed by atoms with Crippen molar-refractivity contribution >= 4 is 9.84 Å². The minimum absolute atomic E-state index is 0.118. The summed E-state index contributed by atoms with van der Waals surface area (Å²) in [6.07, 6.45) is 0.709. The van der Waals surface area contributed by atoms with Gasteiger partial charge in [-0.2, -0.15) is 0 Å². The van der Waals surface area contributed by atoms with Crippen LogP contribution in [0.15, 0.2) is 0 Å². The van der Waals surface area contributed by atoms with Gasteiger partial charge in [-0.25, -0.2) is 8.42 Å². The Bertz CT molecular complexity index is 282. The molecule has 0 aliphatic heterocycles. The summed E-state index contributed by atoms with van der Waals surface area (Å²) in [5.74, 6) is 0.118. The fraction of sp³-hybridized carbons (Fsp3) is 1.00. The van der Waals surface area contributed by atoms with Gasteiger partial charge in [0.15, 0.2) is 0 Å². The summed E-state index contributed by atoms with van der Waals surface area (Å²) >= 11 is 0. The quantitative estimate of drug-likeness (QED) is 0.473. The van der Waals surface area contributed by atoms with E-state index in [0.29, 0.717) is 32.8 Å². The van der Waals surface area contributed by atoms with Crippen LogP contribution in [0.4, 0.5) is 0 Å². The Hall–Kier alpha value is -0.210. The minimum Gasteiger partial charge on any atom is -0.390 e. The van der Waals surface area contributed by atoms with Gasteiger partial charge in [0.05, 0.1) is 18.5 Å². The normalized spacial score (nSPS) is 14.2. The Morgan fingerprint density at radius 2 is 2.12 bits per heavy atom. The van der Waals surface area contributed by atoms with Crippen molar-refractivity contribution in [3.8, 4) is 0 Å². The molecule has 0 rings (SSSR count). The van der Waals surface area contributed by atoms with Crippen molar-refractivity contribution in [3.05, 3.63) is 0 Å². The SMILES string of the molecule is COCCNCC(O)CN(C)CCS(C)(=O)=O. The maximum absolute atomic E-state index is 11.0. The van der Waals surface area contributed by atoms with E-state index in [1.165, 1.54) is 6.26 Å². The number of aliphatic hydroxyl groups excluding tert-OH is 1. The molecular formula is C10H24N2O4S. The van der Waals surface area contributed by atoms with Crippen LogP contribution >= 0.6 is 0 Å². The zero-order valence-corrected chi connectivity index (χ0v) is 11.7. The third-order valence-electron chi connectivity index (χ3n) is 2.23. The predicted molar refractivity (Wildman–Crippen MR) is 68.0 cm³/mol. The monoisotopic (exact) mass is 268 g/mol. The number of sulfone groups is 1. The Morgan fingerprint density at radius 1 is 1.47 bits per heavy atom. The van der Waals surface area contributed by atoms with Crippen LogP contribution in [0, 0.1) is 0 Å². The summed E-state index contributed by atoms with van der Waals surface area (Å²) in [5.41, 5.74) is 0. The first-order chi connectivity index (χ1) is 7.85. The number of methoxy groups -OCH3 is 1. The highest BCUT2D eigenvalue weighted by molar-refractivity contribution is 7.90. The number of likely N-dealkylation sites (N-methyl/N-ethyl adjacent to an activating group) is 1. The minimum atomic E-state index is -2.93. The van der Waals surface area contributed by atoms with Gasteiger partial charge in [0, 0.05) is 39.5 Å². The molecule has 0 amide bonds. The number of hydrogen-bond donors (Lipinski definition) is 2. The molecule has 104 valence electrons. The smallest absolute Gasteiger partial charge is 0.148 e. The van der Waals surface area contributed by atoms with Crippen molar-refractivity contribution in [1.29, 1.82) is 0 Å². The van der Waals surface area contributed by atoms with Crippen LogP contribution in [0.2, 0.25) is 0 Å². The largest absolute Gasteiger partial charge is 0.390 e. The highest BCUT2D eigenvalue weighted by atomic mass is 32.2. The summed E-state index contributed by atoms with van der Waals surface area (Å²) in [6, 6.07) is 0. The van der Waals surface area contributed by atoms with Crippen molar-refractivity contribution in [3.63, 3.8) is 0 Å². The Balaban J connectivity index is 3.62. The summed E-state index contributed by atoms with van der Waals surface area (Å²) in [4.78, 5) is 1.81. The van der Waals surface area contributed by atoms with E-state index < -0.39 is 15.9 Å². The molecule has 0 bridgehead atoms.